The van der Waals surface area contributed by atoms with E-state index in [2.05, 4.69) is 16.9 Å². The first-order valence-electron chi connectivity index (χ1n) is 4.65. The van der Waals surface area contributed by atoms with Gasteiger partial charge in [-0.3, -0.25) is 0 Å². The Morgan fingerprint density at radius 1 is 1.77 bits per heavy atom. The topological polar surface area (TPSA) is 42.2 Å². The van der Waals surface area contributed by atoms with Crippen LogP contribution in [0.15, 0.2) is 11.6 Å². The third-order valence-corrected chi connectivity index (χ3v) is 3.49. The van der Waals surface area contributed by atoms with Crippen molar-refractivity contribution in [2.75, 3.05) is 18.5 Å². The van der Waals surface area contributed by atoms with Crippen LogP contribution >= 0.6 is 11.3 Å². The van der Waals surface area contributed by atoms with Crippen molar-refractivity contribution < 1.29 is 0 Å². The lowest BCUT2D eigenvalue weighted by Crippen LogP contribution is -2.39. The molecule has 1 heterocycles. The number of anilines is 1. The highest BCUT2D eigenvalue weighted by Crippen LogP contribution is 2.36. The first-order chi connectivity index (χ1) is 6.33. The number of rotatable bonds is 4. The number of nitrogens with two attached hydrogens (primary N) is 1. The van der Waals surface area contributed by atoms with E-state index in [1.54, 1.807) is 11.3 Å². The molecule has 1 aliphatic rings. The van der Waals surface area contributed by atoms with Crippen molar-refractivity contribution in [3.63, 3.8) is 0 Å². The number of nitrogens with zero attached hydrogens (tertiary/aromatic N) is 2. The third kappa shape index (κ3) is 1.84. The fraction of sp³-hybridized carbons (Fsp3) is 0.667. The van der Waals surface area contributed by atoms with Gasteiger partial charge in [-0.05, 0) is 18.8 Å². The SMILES string of the molecule is CN(c1nccs1)C(CN)C1CC1. The van der Waals surface area contributed by atoms with Crippen LogP contribution in [-0.4, -0.2) is 24.6 Å². The van der Waals surface area contributed by atoms with E-state index < -0.39 is 0 Å². The number of aromatic nitrogens is 1. The highest BCUT2D eigenvalue weighted by atomic mass is 32.1. The zero-order valence-corrected chi connectivity index (χ0v) is 8.63. The quantitative estimate of drug-likeness (QED) is 0.791. The van der Waals surface area contributed by atoms with Crippen LogP contribution < -0.4 is 10.6 Å². The maximum Gasteiger partial charge on any atom is 0.185 e. The van der Waals surface area contributed by atoms with Crippen molar-refractivity contribution in [1.82, 2.24) is 4.98 Å². The molecule has 0 bridgehead atoms. The normalized spacial score (nSPS) is 18.6. The van der Waals surface area contributed by atoms with E-state index in [0.717, 1.165) is 17.6 Å². The summed E-state index contributed by atoms with van der Waals surface area (Å²) in [7, 11) is 2.09. The molecule has 4 heteroatoms. The summed E-state index contributed by atoms with van der Waals surface area (Å²) in [6, 6.07) is 0.492. The molecule has 1 fully saturated rings. The Labute approximate surface area is 82.6 Å². The maximum atomic E-state index is 5.76. The minimum Gasteiger partial charge on any atom is -0.347 e. The van der Waals surface area contributed by atoms with Crippen LogP contribution in [0.5, 0.6) is 0 Å². The summed E-state index contributed by atoms with van der Waals surface area (Å²) >= 11 is 1.68. The summed E-state index contributed by atoms with van der Waals surface area (Å²) in [6.07, 6.45) is 4.51. The first kappa shape index (κ1) is 8.97. The number of thiazole rings is 1. The minimum absolute atomic E-state index is 0.492. The van der Waals surface area contributed by atoms with Crippen molar-refractivity contribution in [3.05, 3.63) is 11.6 Å². The van der Waals surface area contributed by atoms with Gasteiger partial charge in [0.25, 0.3) is 0 Å². The Morgan fingerprint density at radius 2 is 2.54 bits per heavy atom. The average molecular weight is 197 g/mol. The second-order valence-corrected chi connectivity index (χ2v) is 4.44. The van der Waals surface area contributed by atoms with E-state index in [1.807, 2.05) is 11.6 Å². The molecule has 13 heavy (non-hydrogen) atoms. The molecule has 1 aromatic rings. The first-order valence-corrected chi connectivity index (χ1v) is 5.53. The standard InChI is InChI=1S/C9H15N3S/c1-12(9-11-4-5-13-9)8(6-10)7-2-3-7/h4-5,7-8H,2-3,6,10H2,1H3. The third-order valence-electron chi connectivity index (χ3n) is 2.63. The predicted molar refractivity (Wildman–Crippen MR) is 56.1 cm³/mol. The van der Waals surface area contributed by atoms with Gasteiger partial charge in [0.05, 0.1) is 0 Å². The molecule has 1 aliphatic carbocycles. The molecule has 0 aliphatic heterocycles. The number of likely N-dealkylation sites (N-methyl/N-ethyl adjacent to an activating group) is 1. The number of hydrogen-bond donors (Lipinski definition) is 1. The van der Waals surface area contributed by atoms with Crippen molar-refractivity contribution in [1.29, 1.82) is 0 Å². The predicted octanol–water partition coefficient (Wildman–Crippen LogP) is 1.32. The van der Waals surface area contributed by atoms with E-state index in [9.17, 15) is 0 Å². The molecule has 1 unspecified atom stereocenters. The molecule has 0 radical (unpaired) electrons. The molecule has 1 aromatic heterocycles. The fourth-order valence-corrected chi connectivity index (χ4v) is 2.35. The van der Waals surface area contributed by atoms with Crippen LogP contribution in [-0.2, 0) is 0 Å². The molecule has 1 saturated carbocycles. The molecule has 3 nitrogen and oxygen atoms in total. The van der Waals surface area contributed by atoms with Gasteiger partial charge in [-0.25, -0.2) is 4.98 Å². The Bertz CT molecular complexity index is 256. The molecule has 2 N–H and O–H groups in total. The van der Waals surface area contributed by atoms with Gasteiger partial charge in [-0.15, -0.1) is 11.3 Å². The average Bonchev–Trinajstić information content (AvgIpc) is 2.83. The maximum absolute atomic E-state index is 5.76. The van der Waals surface area contributed by atoms with Crippen LogP contribution in [0.4, 0.5) is 5.13 Å². The van der Waals surface area contributed by atoms with Gasteiger partial charge < -0.3 is 10.6 Å². The Kier molecular flexibility index (Phi) is 2.51. The van der Waals surface area contributed by atoms with Crippen LogP contribution in [0.3, 0.4) is 0 Å². The van der Waals surface area contributed by atoms with Gasteiger partial charge in [0.2, 0.25) is 0 Å². The molecule has 0 spiro atoms. The van der Waals surface area contributed by atoms with Crippen LogP contribution in [0.2, 0.25) is 0 Å². The van der Waals surface area contributed by atoms with Gasteiger partial charge in [-0.2, -0.15) is 0 Å². The smallest absolute Gasteiger partial charge is 0.185 e. The molecule has 72 valence electrons. The lowest BCUT2D eigenvalue weighted by atomic mass is 10.2. The van der Waals surface area contributed by atoms with Crippen molar-refractivity contribution in [2.45, 2.75) is 18.9 Å². The molecule has 0 saturated heterocycles. The molecular formula is C9H15N3S. The van der Waals surface area contributed by atoms with Crippen LogP contribution in [0, 0.1) is 5.92 Å². The van der Waals surface area contributed by atoms with E-state index in [0.29, 0.717) is 6.04 Å². The summed E-state index contributed by atoms with van der Waals surface area (Å²) in [5, 5.41) is 3.09. The monoisotopic (exact) mass is 197 g/mol. The van der Waals surface area contributed by atoms with E-state index in [4.69, 9.17) is 5.73 Å². The van der Waals surface area contributed by atoms with E-state index >= 15 is 0 Å². The van der Waals surface area contributed by atoms with Crippen molar-refractivity contribution in [3.8, 4) is 0 Å². The molecule has 1 atom stereocenters. The Hall–Kier alpha value is -0.610. The van der Waals surface area contributed by atoms with Gasteiger partial charge in [0, 0.05) is 31.2 Å². The fourth-order valence-electron chi connectivity index (χ4n) is 1.68. The lowest BCUT2D eigenvalue weighted by Gasteiger charge is -2.26. The zero-order valence-electron chi connectivity index (χ0n) is 7.81. The summed E-state index contributed by atoms with van der Waals surface area (Å²) in [5.74, 6) is 0.805. The summed E-state index contributed by atoms with van der Waals surface area (Å²) < 4.78 is 0. The summed E-state index contributed by atoms with van der Waals surface area (Å²) in [6.45, 7) is 0.737. The Morgan fingerprint density at radius 3 is 3.00 bits per heavy atom. The lowest BCUT2D eigenvalue weighted by molar-refractivity contribution is 0.570. The molecule has 0 amide bonds. The highest BCUT2D eigenvalue weighted by Gasteiger charge is 2.33. The minimum atomic E-state index is 0.492. The van der Waals surface area contributed by atoms with E-state index in [-0.39, 0.29) is 0 Å². The van der Waals surface area contributed by atoms with E-state index in [1.165, 1.54) is 12.8 Å². The summed E-state index contributed by atoms with van der Waals surface area (Å²) in [5.41, 5.74) is 5.76. The highest BCUT2D eigenvalue weighted by molar-refractivity contribution is 7.13. The van der Waals surface area contributed by atoms with Crippen molar-refractivity contribution >= 4 is 16.5 Å². The second kappa shape index (κ2) is 3.64. The Balaban J connectivity index is 2.05. The molecule has 2 rings (SSSR count). The summed E-state index contributed by atoms with van der Waals surface area (Å²) in [4.78, 5) is 6.51. The molecular weight excluding hydrogens is 182 g/mol. The molecule has 0 aromatic carbocycles. The van der Waals surface area contributed by atoms with Crippen LogP contribution in [0.1, 0.15) is 12.8 Å². The second-order valence-electron chi connectivity index (χ2n) is 3.57. The van der Waals surface area contributed by atoms with Gasteiger partial charge in [0.15, 0.2) is 5.13 Å². The van der Waals surface area contributed by atoms with Gasteiger partial charge in [-0.1, -0.05) is 0 Å². The zero-order chi connectivity index (χ0) is 9.26. The van der Waals surface area contributed by atoms with Gasteiger partial charge in [0.1, 0.15) is 0 Å². The largest absolute Gasteiger partial charge is 0.347 e. The number of hydrogen-bond acceptors (Lipinski definition) is 4. The van der Waals surface area contributed by atoms with Gasteiger partial charge >= 0.3 is 0 Å². The van der Waals surface area contributed by atoms with Crippen molar-refractivity contribution in [2.24, 2.45) is 11.7 Å². The van der Waals surface area contributed by atoms with Crippen LogP contribution in [0.25, 0.3) is 0 Å².